The lowest BCUT2D eigenvalue weighted by atomic mass is 10.0. The number of hydrogen-bond acceptors (Lipinski definition) is 1. The van der Waals surface area contributed by atoms with Crippen LogP contribution in [0.2, 0.25) is 0 Å². The van der Waals surface area contributed by atoms with E-state index in [2.05, 4.69) is 67.3 Å². The normalized spacial score (nSPS) is 11.7. The van der Waals surface area contributed by atoms with Gasteiger partial charge in [0.15, 0.2) is 0 Å². The highest BCUT2D eigenvalue weighted by atomic mass is 35.5. The zero-order chi connectivity index (χ0) is 12.8. The summed E-state index contributed by atoms with van der Waals surface area (Å²) in [6, 6.07) is 19.6. The van der Waals surface area contributed by atoms with Crippen molar-refractivity contribution in [1.29, 1.82) is 0 Å². The minimum atomic E-state index is 0. The molecule has 0 saturated heterocycles. The smallest absolute Gasteiger partial charge is 0.0832 e. The molecule has 0 fully saturated rings. The maximum Gasteiger partial charge on any atom is 0.0832 e. The van der Waals surface area contributed by atoms with Crippen LogP contribution in [0.4, 0.5) is 0 Å². The minimum Gasteiger partial charge on any atom is -1.00 e. The quantitative estimate of drug-likeness (QED) is 0.830. The van der Waals surface area contributed by atoms with Gasteiger partial charge in [-0.15, -0.1) is 11.8 Å². The van der Waals surface area contributed by atoms with Gasteiger partial charge < -0.3 is 18.1 Å². The van der Waals surface area contributed by atoms with Crippen LogP contribution in [0.3, 0.4) is 0 Å². The highest BCUT2D eigenvalue weighted by molar-refractivity contribution is 7.99. The topological polar surface area (TPSA) is 27.6 Å². The number of benzene rings is 2. The van der Waals surface area contributed by atoms with Gasteiger partial charge in [0.2, 0.25) is 0 Å². The molecule has 0 aromatic heterocycles. The lowest BCUT2D eigenvalue weighted by Gasteiger charge is -2.17. The second-order valence-corrected chi connectivity index (χ2v) is 5.64. The van der Waals surface area contributed by atoms with Gasteiger partial charge in [0.1, 0.15) is 0 Å². The van der Waals surface area contributed by atoms with Crippen LogP contribution in [-0.4, -0.2) is 12.3 Å². The summed E-state index contributed by atoms with van der Waals surface area (Å²) in [5.41, 5.74) is 8.01. The van der Waals surface area contributed by atoms with Crippen LogP contribution < -0.4 is 18.1 Å². The lowest BCUT2D eigenvalue weighted by Crippen LogP contribution is -3.00. The Kier molecular flexibility index (Phi) is 7.00. The first kappa shape index (κ1) is 16.1. The molecule has 2 rings (SSSR count). The van der Waals surface area contributed by atoms with Crippen LogP contribution in [0.15, 0.2) is 54.6 Å². The van der Waals surface area contributed by atoms with Crippen molar-refractivity contribution in [2.75, 3.05) is 12.3 Å². The van der Waals surface area contributed by atoms with Crippen molar-refractivity contribution < 1.29 is 18.1 Å². The van der Waals surface area contributed by atoms with Gasteiger partial charge in [-0.2, -0.15) is 0 Å². The molecule has 0 bridgehead atoms. The molecule has 0 saturated carbocycles. The summed E-state index contributed by atoms with van der Waals surface area (Å²) in [6.45, 7) is 3.10. The highest BCUT2D eigenvalue weighted by Gasteiger charge is 2.13. The third-order valence-electron chi connectivity index (χ3n) is 2.91. The lowest BCUT2D eigenvalue weighted by molar-refractivity contribution is -0.360. The van der Waals surface area contributed by atoms with E-state index >= 15 is 0 Å². The molecule has 3 heteroatoms. The number of thioether (sulfide) groups is 1. The Bertz CT molecular complexity index is 470. The van der Waals surface area contributed by atoms with Crippen molar-refractivity contribution in [2.24, 2.45) is 0 Å². The van der Waals surface area contributed by atoms with Crippen LogP contribution in [-0.2, 0) is 0 Å². The highest BCUT2D eigenvalue weighted by Crippen LogP contribution is 2.35. The average molecular weight is 294 g/mol. The molecule has 2 aromatic rings. The van der Waals surface area contributed by atoms with Gasteiger partial charge in [0.05, 0.1) is 11.8 Å². The fourth-order valence-corrected chi connectivity index (χ4v) is 3.06. The predicted octanol–water partition coefficient (Wildman–Crippen LogP) is 0.0635. The van der Waals surface area contributed by atoms with Gasteiger partial charge >= 0.3 is 0 Å². The minimum absolute atomic E-state index is 0. The zero-order valence-electron chi connectivity index (χ0n) is 11.2. The van der Waals surface area contributed by atoms with Crippen molar-refractivity contribution in [2.45, 2.75) is 12.2 Å². The Labute approximate surface area is 126 Å². The second-order valence-electron chi connectivity index (χ2n) is 4.43. The van der Waals surface area contributed by atoms with E-state index in [1.165, 1.54) is 16.7 Å². The first-order valence-electron chi connectivity index (χ1n) is 6.33. The van der Waals surface area contributed by atoms with Gasteiger partial charge in [0.25, 0.3) is 0 Å². The maximum atomic E-state index is 3.94. The molecule has 0 amide bonds. The fraction of sp³-hybridized carbons (Fsp3) is 0.250. The third-order valence-corrected chi connectivity index (χ3v) is 4.31. The Morgan fingerprint density at radius 2 is 1.53 bits per heavy atom. The standard InChI is InChI=1S/C16H19NS.ClH/c1-13-7-9-15(10-8-13)16(18-12-11-17)14-5-3-2-4-6-14;/h2-10,16H,11-12,17H2,1H3;1H. The Balaban J connectivity index is 0.00000180. The molecule has 3 N–H and O–H groups in total. The van der Waals surface area contributed by atoms with Crippen LogP contribution in [0.5, 0.6) is 0 Å². The second kappa shape index (κ2) is 8.26. The number of aryl methyl sites for hydroxylation is 1. The van der Waals surface area contributed by atoms with E-state index in [-0.39, 0.29) is 12.4 Å². The fourth-order valence-electron chi connectivity index (χ4n) is 1.96. The van der Waals surface area contributed by atoms with Crippen LogP contribution >= 0.6 is 11.8 Å². The van der Waals surface area contributed by atoms with Crippen molar-refractivity contribution in [1.82, 2.24) is 0 Å². The third kappa shape index (κ3) is 4.57. The van der Waals surface area contributed by atoms with E-state index in [0.717, 1.165) is 12.3 Å². The summed E-state index contributed by atoms with van der Waals surface area (Å²) < 4.78 is 0. The zero-order valence-corrected chi connectivity index (χ0v) is 12.8. The first-order chi connectivity index (χ1) is 8.81. The molecule has 0 aliphatic carbocycles. The SMILES string of the molecule is Cc1ccc(C(SCC[NH3+])c2ccccc2)cc1.[Cl-]. The van der Waals surface area contributed by atoms with Gasteiger partial charge in [0, 0.05) is 5.75 Å². The molecule has 102 valence electrons. The Morgan fingerprint density at radius 1 is 0.947 bits per heavy atom. The van der Waals surface area contributed by atoms with E-state index < -0.39 is 0 Å². The summed E-state index contributed by atoms with van der Waals surface area (Å²) in [7, 11) is 0. The monoisotopic (exact) mass is 293 g/mol. The molecule has 1 unspecified atom stereocenters. The van der Waals surface area contributed by atoms with Gasteiger partial charge in [-0.05, 0) is 18.1 Å². The molecule has 2 aromatic carbocycles. The average Bonchev–Trinajstić information content (AvgIpc) is 2.42. The maximum absolute atomic E-state index is 3.94. The van der Waals surface area contributed by atoms with Crippen molar-refractivity contribution in [3.05, 3.63) is 71.3 Å². The van der Waals surface area contributed by atoms with Crippen LogP contribution in [0.1, 0.15) is 21.9 Å². The van der Waals surface area contributed by atoms with Crippen LogP contribution in [0, 0.1) is 6.92 Å². The molecule has 0 heterocycles. The molecule has 0 aliphatic heterocycles. The molecule has 19 heavy (non-hydrogen) atoms. The molecular formula is C16H20ClNS. The number of hydrogen-bond donors (Lipinski definition) is 1. The summed E-state index contributed by atoms with van der Waals surface area (Å²) in [6.07, 6.45) is 0. The summed E-state index contributed by atoms with van der Waals surface area (Å²) in [5.74, 6) is 1.09. The van der Waals surface area contributed by atoms with Crippen molar-refractivity contribution in [3.63, 3.8) is 0 Å². The molecular weight excluding hydrogens is 274 g/mol. The van der Waals surface area contributed by atoms with Gasteiger partial charge in [-0.1, -0.05) is 60.2 Å². The van der Waals surface area contributed by atoms with E-state index in [9.17, 15) is 0 Å². The molecule has 0 spiro atoms. The number of rotatable bonds is 5. The number of quaternary nitrogens is 1. The summed E-state index contributed by atoms with van der Waals surface area (Å²) in [4.78, 5) is 0. The Morgan fingerprint density at radius 3 is 2.11 bits per heavy atom. The summed E-state index contributed by atoms with van der Waals surface area (Å²) in [5, 5.41) is 0.425. The Hall–Kier alpha value is -0.960. The van der Waals surface area contributed by atoms with E-state index in [4.69, 9.17) is 0 Å². The van der Waals surface area contributed by atoms with Gasteiger partial charge in [-0.3, -0.25) is 0 Å². The van der Waals surface area contributed by atoms with Crippen molar-refractivity contribution >= 4 is 11.8 Å². The molecule has 1 atom stereocenters. The molecule has 0 aliphatic rings. The van der Waals surface area contributed by atoms with E-state index in [0.29, 0.717) is 5.25 Å². The van der Waals surface area contributed by atoms with Crippen molar-refractivity contribution in [3.8, 4) is 0 Å². The molecule has 0 radical (unpaired) electrons. The van der Waals surface area contributed by atoms with Gasteiger partial charge in [-0.25, -0.2) is 0 Å². The van der Waals surface area contributed by atoms with Crippen LogP contribution in [0.25, 0.3) is 0 Å². The largest absolute Gasteiger partial charge is 1.00 e. The van der Waals surface area contributed by atoms with E-state index in [1.54, 1.807) is 0 Å². The number of halogens is 1. The first-order valence-corrected chi connectivity index (χ1v) is 7.38. The summed E-state index contributed by atoms with van der Waals surface area (Å²) >= 11 is 1.97. The predicted molar refractivity (Wildman–Crippen MR) is 79.7 cm³/mol. The van der Waals surface area contributed by atoms with E-state index in [1.807, 2.05) is 11.8 Å². The molecule has 1 nitrogen and oxygen atoms in total.